The van der Waals surface area contributed by atoms with E-state index in [0.29, 0.717) is 29.1 Å². The van der Waals surface area contributed by atoms with Crippen molar-refractivity contribution in [3.8, 4) is 5.75 Å². The van der Waals surface area contributed by atoms with Crippen molar-refractivity contribution in [2.24, 2.45) is 0 Å². The third kappa shape index (κ3) is 2.69. The first-order valence-electron chi connectivity index (χ1n) is 6.61. The molecule has 0 unspecified atom stereocenters. The van der Waals surface area contributed by atoms with Crippen LogP contribution in [0, 0.1) is 0 Å². The van der Waals surface area contributed by atoms with Crippen LogP contribution in [0.15, 0.2) is 42.5 Å². The van der Waals surface area contributed by atoms with Gasteiger partial charge >= 0.3 is 0 Å². The van der Waals surface area contributed by atoms with E-state index in [4.69, 9.17) is 4.74 Å². The molecule has 1 heterocycles. The topological polar surface area (TPSA) is 79.9 Å². The Morgan fingerprint density at radius 2 is 2.00 bits per heavy atom. The molecule has 0 fully saturated rings. The van der Waals surface area contributed by atoms with Crippen LogP contribution in [-0.4, -0.2) is 27.9 Å². The molecule has 0 radical (unpaired) electrons. The van der Waals surface area contributed by atoms with Crippen LogP contribution >= 0.6 is 0 Å². The van der Waals surface area contributed by atoms with Gasteiger partial charge in [-0.15, -0.1) is 0 Å². The molecule has 1 amide bonds. The molecule has 1 aromatic heterocycles. The standard InChI is InChI=1S/C15H14N4O2/c1-2-21-14-6-4-3-5-12(14)16-15(20)10-7-8-11-13(9-10)18-19-17-11/h3-9H,2H2,1H3,(H,16,20)(H,17,18,19). The van der Waals surface area contributed by atoms with Gasteiger partial charge in [0.25, 0.3) is 5.91 Å². The highest BCUT2D eigenvalue weighted by Crippen LogP contribution is 2.24. The summed E-state index contributed by atoms with van der Waals surface area (Å²) in [5.74, 6) is 0.433. The summed E-state index contributed by atoms with van der Waals surface area (Å²) in [6, 6.07) is 12.5. The third-order valence-electron chi connectivity index (χ3n) is 3.01. The lowest BCUT2D eigenvalue weighted by atomic mass is 10.2. The van der Waals surface area contributed by atoms with Crippen molar-refractivity contribution in [3.63, 3.8) is 0 Å². The minimum Gasteiger partial charge on any atom is -0.492 e. The predicted molar refractivity (Wildman–Crippen MR) is 79.5 cm³/mol. The van der Waals surface area contributed by atoms with Crippen molar-refractivity contribution in [3.05, 3.63) is 48.0 Å². The Morgan fingerprint density at radius 3 is 2.86 bits per heavy atom. The molecule has 0 spiro atoms. The number of anilines is 1. The number of aromatic nitrogens is 3. The van der Waals surface area contributed by atoms with Gasteiger partial charge in [-0.2, -0.15) is 15.4 Å². The highest BCUT2D eigenvalue weighted by Gasteiger charge is 2.11. The molecule has 0 aliphatic carbocycles. The predicted octanol–water partition coefficient (Wildman–Crippen LogP) is 2.61. The van der Waals surface area contributed by atoms with E-state index >= 15 is 0 Å². The van der Waals surface area contributed by atoms with E-state index in [1.54, 1.807) is 24.3 Å². The van der Waals surface area contributed by atoms with Gasteiger partial charge in [0.1, 0.15) is 16.8 Å². The highest BCUT2D eigenvalue weighted by atomic mass is 16.5. The Balaban J connectivity index is 1.85. The fourth-order valence-corrected chi connectivity index (χ4v) is 2.03. The van der Waals surface area contributed by atoms with Gasteiger partial charge in [-0.3, -0.25) is 4.79 Å². The van der Waals surface area contributed by atoms with Crippen molar-refractivity contribution >= 4 is 22.6 Å². The molecule has 0 bridgehead atoms. The minimum atomic E-state index is -0.216. The molecule has 0 atom stereocenters. The molecule has 6 nitrogen and oxygen atoms in total. The Hall–Kier alpha value is -2.89. The zero-order valence-electron chi connectivity index (χ0n) is 11.5. The normalized spacial score (nSPS) is 10.5. The molecule has 106 valence electrons. The van der Waals surface area contributed by atoms with Crippen LogP contribution in [0.1, 0.15) is 17.3 Å². The van der Waals surface area contributed by atoms with E-state index in [-0.39, 0.29) is 5.91 Å². The maximum atomic E-state index is 12.3. The summed E-state index contributed by atoms with van der Waals surface area (Å²) in [5, 5.41) is 13.3. The second-order valence-corrected chi connectivity index (χ2v) is 4.41. The SMILES string of the molecule is CCOc1ccccc1NC(=O)c1ccc2n[nH]nc2c1. The maximum Gasteiger partial charge on any atom is 0.255 e. The van der Waals surface area contributed by atoms with Gasteiger partial charge in [-0.25, -0.2) is 0 Å². The Morgan fingerprint density at radius 1 is 1.19 bits per heavy atom. The van der Waals surface area contributed by atoms with Crippen molar-refractivity contribution in [1.82, 2.24) is 15.4 Å². The molecule has 2 N–H and O–H groups in total. The fraction of sp³-hybridized carbons (Fsp3) is 0.133. The number of benzene rings is 2. The summed E-state index contributed by atoms with van der Waals surface area (Å²) in [6.45, 7) is 2.44. The Kier molecular flexibility index (Phi) is 3.51. The van der Waals surface area contributed by atoms with E-state index in [1.807, 2.05) is 25.1 Å². The van der Waals surface area contributed by atoms with E-state index < -0.39 is 0 Å². The number of carbonyl (C=O) groups is 1. The summed E-state index contributed by atoms with van der Waals surface area (Å²) < 4.78 is 5.49. The number of H-pyrrole nitrogens is 1. The fourth-order valence-electron chi connectivity index (χ4n) is 2.03. The van der Waals surface area contributed by atoms with Crippen LogP contribution in [0.25, 0.3) is 11.0 Å². The van der Waals surface area contributed by atoms with Gasteiger partial charge in [0.05, 0.1) is 12.3 Å². The largest absolute Gasteiger partial charge is 0.492 e. The molecule has 2 aromatic carbocycles. The number of para-hydroxylation sites is 2. The summed E-state index contributed by atoms with van der Waals surface area (Å²) >= 11 is 0. The Bertz CT molecular complexity index is 782. The number of carbonyl (C=O) groups excluding carboxylic acids is 1. The quantitative estimate of drug-likeness (QED) is 0.770. The number of nitrogens with one attached hydrogen (secondary N) is 2. The van der Waals surface area contributed by atoms with Crippen LogP contribution in [-0.2, 0) is 0 Å². The maximum absolute atomic E-state index is 12.3. The summed E-state index contributed by atoms with van der Waals surface area (Å²) in [5.41, 5.74) is 2.54. The average molecular weight is 282 g/mol. The van der Waals surface area contributed by atoms with E-state index in [0.717, 1.165) is 5.52 Å². The molecule has 3 rings (SSSR count). The molecule has 21 heavy (non-hydrogen) atoms. The van der Waals surface area contributed by atoms with Crippen molar-refractivity contribution < 1.29 is 9.53 Å². The van der Waals surface area contributed by atoms with Crippen molar-refractivity contribution in [2.75, 3.05) is 11.9 Å². The first-order valence-corrected chi connectivity index (χ1v) is 6.61. The molecule has 6 heteroatoms. The second kappa shape index (κ2) is 5.62. The molecule has 0 aliphatic heterocycles. The smallest absolute Gasteiger partial charge is 0.255 e. The molecular weight excluding hydrogens is 268 g/mol. The van der Waals surface area contributed by atoms with Gasteiger partial charge in [-0.05, 0) is 37.3 Å². The van der Waals surface area contributed by atoms with Crippen LogP contribution < -0.4 is 10.1 Å². The monoisotopic (exact) mass is 282 g/mol. The van der Waals surface area contributed by atoms with Gasteiger partial charge in [0.2, 0.25) is 0 Å². The average Bonchev–Trinajstić information content (AvgIpc) is 2.97. The van der Waals surface area contributed by atoms with Gasteiger partial charge in [0.15, 0.2) is 0 Å². The number of amides is 1. The van der Waals surface area contributed by atoms with Crippen LogP contribution in [0.3, 0.4) is 0 Å². The number of ether oxygens (including phenoxy) is 1. The number of fused-ring (bicyclic) bond motifs is 1. The van der Waals surface area contributed by atoms with Crippen molar-refractivity contribution in [1.29, 1.82) is 0 Å². The second-order valence-electron chi connectivity index (χ2n) is 4.41. The van der Waals surface area contributed by atoms with E-state index in [9.17, 15) is 4.79 Å². The summed E-state index contributed by atoms with van der Waals surface area (Å²) in [7, 11) is 0. The van der Waals surface area contributed by atoms with Crippen LogP contribution in [0.2, 0.25) is 0 Å². The number of hydrogen-bond donors (Lipinski definition) is 2. The minimum absolute atomic E-state index is 0.216. The third-order valence-corrected chi connectivity index (χ3v) is 3.01. The van der Waals surface area contributed by atoms with Crippen LogP contribution in [0.5, 0.6) is 5.75 Å². The zero-order valence-corrected chi connectivity index (χ0v) is 11.5. The molecule has 0 saturated heterocycles. The first kappa shape index (κ1) is 13.1. The van der Waals surface area contributed by atoms with Gasteiger partial charge in [-0.1, -0.05) is 12.1 Å². The van der Waals surface area contributed by atoms with E-state index in [2.05, 4.69) is 20.7 Å². The molecule has 0 saturated carbocycles. The van der Waals surface area contributed by atoms with E-state index in [1.165, 1.54) is 0 Å². The van der Waals surface area contributed by atoms with Crippen molar-refractivity contribution in [2.45, 2.75) is 6.92 Å². The first-order chi connectivity index (χ1) is 10.3. The molecule has 3 aromatic rings. The zero-order chi connectivity index (χ0) is 14.7. The molecular formula is C15H14N4O2. The van der Waals surface area contributed by atoms with Gasteiger partial charge in [0, 0.05) is 5.56 Å². The number of nitrogens with zero attached hydrogens (tertiary/aromatic N) is 2. The summed E-state index contributed by atoms with van der Waals surface area (Å²) in [6.07, 6.45) is 0. The Labute approximate surface area is 121 Å². The lowest BCUT2D eigenvalue weighted by Gasteiger charge is -2.11. The number of aromatic amines is 1. The lowest BCUT2D eigenvalue weighted by Crippen LogP contribution is -2.12. The molecule has 0 aliphatic rings. The van der Waals surface area contributed by atoms with Crippen LogP contribution in [0.4, 0.5) is 5.69 Å². The lowest BCUT2D eigenvalue weighted by molar-refractivity contribution is 0.102. The van der Waals surface area contributed by atoms with Gasteiger partial charge < -0.3 is 10.1 Å². The number of rotatable bonds is 4. The summed E-state index contributed by atoms with van der Waals surface area (Å²) in [4.78, 5) is 12.3. The number of hydrogen-bond acceptors (Lipinski definition) is 4. The highest BCUT2D eigenvalue weighted by molar-refractivity contribution is 6.06.